The average molecular weight is 389 g/mol. The van der Waals surface area contributed by atoms with E-state index in [0.29, 0.717) is 0 Å². The lowest BCUT2D eigenvalue weighted by Gasteiger charge is -2.44. The van der Waals surface area contributed by atoms with Crippen LogP contribution in [0.15, 0.2) is 11.3 Å². The zero-order chi connectivity index (χ0) is 21.2. The van der Waals surface area contributed by atoms with E-state index in [1.807, 2.05) is 0 Å². The van der Waals surface area contributed by atoms with Crippen LogP contribution in [0.4, 0.5) is 0 Å². The average Bonchev–Trinajstić information content (AvgIpc) is 2.82. The summed E-state index contributed by atoms with van der Waals surface area (Å²) in [6, 6.07) is 0. The molecule has 4 N–H and O–H groups in total. The molecule has 0 amide bonds. The fourth-order valence-corrected chi connectivity index (χ4v) is 4.22. The van der Waals surface area contributed by atoms with Crippen LogP contribution >= 0.6 is 0 Å². The number of ether oxygens (including phenoxy) is 2. The van der Waals surface area contributed by atoms with Crippen LogP contribution in [0, 0.1) is 12.3 Å². The molecule has 1 aliphatic heterocycles. The van der Waals surface area contributed by atoms with Gasteiger partial charge in [-0.2, -0.15) is 0 Å². The van der Waals surface area contributed by atoms with E-state index in [-0.39, 0.29) is 52.5 Å². The Hall–Kier alpha value is -2.87. The highest BCUT2D eigenvalue weighted by Crippen LogP contribution is 2.63. The maximum absolute atomic E-state index is 12.7. The molecule has 0 bridgehead atoms. The van der Waals surface area contributed by atoms with Gasteiger partial charge in [-0.3, -0.25) is 9.59 Å². The van der Waals surface area contributed by atoms with Gasteiger partial charge in [-0.25, -0.2) is 0 Å². The van der Waals surface area contributed by atoms with Gasteiger partial charge in [-0.1, -0.05) is 0 Å². The Balaban J connectivity index is 2.51. The molecule has 8 heteroatoms. The van der Waals surface area contributed by atoms with Crippen molar-refractivity contribution >= 4 is 17.3 Å². The second-order valence-corrected chi connectivity index (χ2v) is 7.32. The third kappa shape index (κ3) is 2.18. The number of allylic oxidation sites excluding steroid dienone is 1. The summed E-state index contributed by atoms with van der Waals surface area (Å²) in [6.07, 6.45) is -0.335. The molecule has 0 fully saturated rings. The summed E-state index contributed by atoms with van der Waals surface area (Å²) in [5.74, 6) is -4.20. The summed E-state index contributed by atoms with van der Waals surface area (Å²) in [6.45, 7) is 7.36. The number of Topliss-reactive ketones (excluding diaryl/α,β-unsaturated/α-hetero) is 2. The topological polar surface area (TPSA) is 137 Å². The van der Waals surface area contributed by atoms with Crippen LogP contribution in [0.2, 0.25) is 0 Å². The third-order valence-corrected chi connectivity index (χ3v) is 5.65. The van der Waals surface area contributed by atoms with E-state index in [0.717, 1.165) is 0 Å². The normalized spacial score (nSPS) is 26.0. The van der Waals surface area contributed by atoms with Gasteiger partial charge >= 0.3 is 0 Å². The number of hydrogen-bond acceptors (Lipinski definition) is 8. The number of aliphatic hydroxyl groups is 1. The largest absolute Gasteiger partial charge is 0.510 e. The molecule has 0 aromatic heterocycles. The number of nitrogens with one attached hydrogen (secondary N) is 1. The minimum Gasteiger partial charge on any atom is -0.510 e. The van der Waals surface area contributed by atoms with Crippen LogP contribution in [0.5, 0.6) is 17.2 Å². The number of carbonyl (C=O) groups is 2. The van der Waals surface area contributed by atoms with E-state index >= 15 is 0 Å². The first-order valence-corrected chi connectivity index (χ1v) is 8.89. The number of phenols is 2. The molecule has 28 heavy (non-hydrogen) atoms. The number of hydrogen-bond donors (Lipinski definition) is 4. The van der Waals surface area contributed by atoms with Crippen molar-refractivity contribution in [1.82, 2.24) is 0 Å². The van der Waals surface area contributed by atoms with E-state index in [9.17, 15) is 24.9 Å². The highest BCUT2D eigenvalue weighted by molar-refractivity contribution is 6.22. The summed E-state index contributed by atoms with van der Waals surface area (Å²) in [5, 5.41) is 40.2. The molecule has 2 aliphatic rings. The van der Waals surface area contributed by atoms with Crippen LogP contribution in [0.25, 0.3) is 0 Å². The van der Waals surface area contributed by atoms with Gasteiger partial charge in [0, 0.05) is 17.9 Å². The molecule has 0 saturated heterocycles. The molecule has 8 nitrogen and oxygen atoms in total. The third-order valence-electron chi connectivity index (χ3n) is 5.65. The molecule has 0 spiro atoms. The van der Waals surface area contributed by atoms with E-state index in [1.165, 1.54) is 27.7 Å². The van der Waals surface area contributed by atoms with Gasteiger partial charge in [0.2, 0.25) is 5.79 Å². The number of aromatic hydroxyl groups is 2. The van der Waals surface area contributed by atoms with Crippen molar-refractivity contribution in [3.05, 3.63) is 28.0 Å². The lowest BCUT2D eigenvalue weighted by Crippen LogP contribution is -2.58. The summed E-state index contributed by atoms with van der Waals surface area (Å²) in [4.78, 5) is 24.9. The van der Waals surface area contributed by atoms with Gasteiger partial charge in [-0.05, 0) is 34.6 Å². The first-order valence-electron chi connectivity index (χ1n) is 8.89. The van der Waals surface area contributed by atoms with Crippen LogP contribution in [0.3, 0.4) is 0 Å². The predicted molar refractivity (Wildman–Crippen MR) is 99.5 cm³/mol. The lowest BCUT2D eigenvalue weighted by molar-refractivity contribution is -0.211. The van der Waals surface area contributed by atoms with Gasteiger partial charge in [0.1, 0.15) is 34.0 Å². The highest BCUT2D eigenvalue weighted by atomic mass is 16.7. The summed E-state index contributed by atoms with van der Waals surface area (Å²) >= 11 is 0. The summed E-state index contributed by atoms with van der Waals surface area (Å²) < 4.78 is 11.8. The molecule has 1 aliphatic carbocycles. The Kier molecular flexibility index (Phi) is 4.31. The molecule has 3 rings (SSSR count). The Bertz CT molecular complexity index is 978. The van der Waals surface area contributed by atoms with Gasteiger partial charge in [-0.15, -0.1) is 0 Å². The number of carbonyl (C=O) groups excluding carboxylic acids is 2. The molecule has 0 saturated carbocycles. The van der Waals surface area contributed by atoms with Crippen LogP contribution in [-0.2, 0) is 14.9 Å². The summed E-state index contributed by atoms with van der Waals surface area (Å²) in [7, 11) is 0. The Morgan fingerprint density at radius 3 is 2.36 bits per heavy atom. The molecule has 150 valence electrons. The molecule has 1 heterocycles. The number of fused-ring (bicyclic) bond motifs is 3. The molecule has 1 aromatic carbocycles. The molecule has 0 unspecified atom stereocenters. The smallest absolute Gasteiger partial charge is 0.234 e. The molecule has 2 atom stereocenters. The van der Waals surface area contributed by atoms with Gasteiger partial charge in [0.05, 0.1) is 17.6 Å². The number of phenolic OH excluding ortho intramolecular Hbond substituents is 2. The first kappa shape index (κ1) is 19.9. The van der Waals surface area contributed by atoms with Crippen LogP contribution < -0.4 is 4.74 Å². The maximum Gasteiger partial charge on any atom is 0.234 e. The minimum absolute atomic E-state index is 0.0406. The Morgan fingerprint density at radius 2 is 1.86 bits per heavy atom. The monoisotopic (exact) mass is 389 g/mol. The first-order chi connectivity index (χ1) is 12.9. The Morgan fingerprint density at radius 1 is 1.25 bits per heavy atom. The maximum atomic E-state index is 12.7. The van der Waals surface area contributed by atoms with E-state index < -0.39 is 34.3 Å². The quantitative estimate of drug-likeness (QED) is 0.459. The van der Waals surface area contributed by atoms with Gasteiger partial charge in [0.25, 0.3) is 0 Å². The molecule has 1 aromatic rings. The van der Waals surface area contributed by atoms with Gasteiger partial charge in [0.15, 0.2) is 11.6 Å². The lowest BCUT2D eigenvalue weighted by atomic mass is 9.66. The van der Waals surface area contributed by atoms with Crippen LogP contribution in [0.1, 0.15) is 55.6 Å². The zero-order valence-corrected chi connectivity index (χ0v) is 16.4. The Labute approximate surface area is 161 Å². The highest BCUT2D eigenvalue weighted by Gasteiger charge is 2.67. The van der Waals surface area contributed by atoms with E-state index in [2.05, 4.69) is 0 Å². The fraction of sp³-hybridized carbons (Fsp3) is 0.450. The second-order valence-electron chi connectivity index (χ2n) is 7.32. The standard InChI is InChI=1S/C20H23NO7/c1-6-27-20-7-11(23)12(9(3)21)18(26)19(20,5)14-16(25)8(2)15(24)13(10(4)22)17(14)28-20/h21,24-26H,6-7H2,1-5H3/t19-,20+/m0/s1. The second kappa shape index (κ2) is 6.07. The number of rotatable bonds is 4. The molecular formula is C20H23NO7. The van der Waals surface area contributed by atoms with Crippen molar-refractivity contribution < 1.29 is 34.4 Å². The van der Waals surface area contributed by atoms with E-state index in [1.54, 1.807) is 6.92 Å². The number of ketones is 2. The fourth-order valence-electron chi connectivity index (χ4n) is 4.22. The van der Waals surface area contributed by atoms with Crippen molar-refractivity contribution in [3.63, 3.8) is 0 Å². The van der Waals surface area contributed by atoms with Crippen molar-refractivity contribution in [3.8, 4) is 17.2 Å². The number of benzene rings is 1. The summed E-state index contributed by atoms with van der Waals surface area (Å²) in [5.41, 5.74) is -1.96. The van der Waals surface area contributed by atoms with Crippen molar-refractivity contribution in [2.24, 2.45) is 0 Å². The number of aliphatic hydroxyl groups excluding tert-OH is 1. The van der Waals surface area contributed by atoms with Crippen LogP contribution in [-0.4, -0.2) is 45.0 Å². The molecule has 0 radical (unpaired) electrons. The predicted octanol–water partition coefficient (Wildman–Crippen LogP) is 2.82. The van der Waals surface area contributed by atoms with Crippen molar-refractivity contribution in [2.75, 3.05) is 6.61 Å². The molecular weight excluding hydrogens is 366 g/mol. The SMILES string of the molecule is CCO[C@@]12CC(=O)C(C(C)=N)=C(O)[C@]1(C)c1c(O)c(C)c(O)c(C(C)=O)c1O2. The zero-order valence-electron chi connectivity index (χ0n) is 16.4. The van der Waals surface area contributed by atoms with E-state index in [4.69, 9.17) is 14.9 Å². The van der Waals surface area contributed by atoms with Crippen molar-refractivity contribution in [2.45, 2.75) is 52.2 Å². The van der Waals surface area contributed by atoms with Crippen molar-refractivity contribution in [1.29, 1.82) is 5.41 Å². The minimum atomic E-state index is -1.73. The van der Waals surface area contributed by atoms with Gasteiger partial charge < -0.3 is 30.2 Å².